The molecular weight excluding hydrogens is 340 g/mol. The van der Waals surface area contributed by atoms with Crippen LogP contribution in [0, 0.1) is 0 Å². The van der Waals surface area contributed by atoms with Gasteiger partial charge in [0.2, 0.25) is 0 Å². The van der Waals surface area contributed by atoms with E-state index in [2.05, 4.69) is 15.4 Å². The van der Waals surface area contributed by atoms with Crippen LogP contribution in [0.25, 0.3) is 21.2 Å². The molecule has 0 bridgehead atoms. The maximum Gasteiger partial charge on any atom is 0.321 e. The van der Waals surface area contributed by atoms with Crippen LogP contribution in [-0.4, -0.2) is 26.7 Å². The van der Waals surface area contributed by atoms with E-state index in [1.54, 1.807) is 12.4 Å². The summed E-state index contributed by atoms with van der Waals surface area (Å²) in [5.74, 6) is -0.208. The van der Waals surface area contributed by atoms with Gasteiger partial charge in [-0.15, -0.1) is 11.8 Å². The van der Waals surface area contributed by atoms with Crippen molar-refractivity contribution in [2.75, 3.05) is 6.61 Å². The van der Waals surface area contributed by atoms with E-state index in [-0.39, 0.29) is 5.97 Å². The maximum atomic E-state index is 12.3. The van der Waals surface area contributed by atoms with Gasteiger partial charge in [0.05, 0.1) is 11.3 Å². The normalized spacial score (nSPS) is 11.6. The minimum absolute atomic E-state index is 0.208. The molecule has 0 unspecified atom stereocenters. The van der Waals surface area contributed by atoms with Crippen LogP contribution >= 0.6 is 23.3 Å². The number of fused-ring (bicyclic) bond motifs is 1. The summed E-state index contributed by atoms with van der Waals surface area (Å²) in [6.07, 6.45) is 5.43. The predicted octanol–water partition coefficient (Wildman–Crippen LogP) is 4.79. The summed E-state index contributed by atoms with van der Waals surface area (Å²) >= 11 is 2.99. The fourth-order valence-corrected chi connectivity index (χ4v) is 4.45. The van der Waals surface area contributed by atoms with Crippen LogP contribution < -0.4 is 0 Å². The fourth-order valence-electron chi connectivity index (χ4n) is 2.42. The van der Waals surface area contributed by atoms with Gasteiger partial charge in [0.1, 0.15) is 4.75 Å². The van der Waals surface area contributed by atoms with E-state index in [4.69, 9.17) is 4.74 Å². The summed E-state index contributed by atoms with van der Waals surface area (Å²) in [5, 5.41) is 1.10. The predicted molar refractivity (Wildman–Crippen MR) is 99.4 cm³/mol. The van der Waals surface area contributed by atoms with Crippen molar-refractivity contribution in [3.05, 3.63) is 42.9 Å². The van der Waals surface area contributed by atoms with Crippen LogP contribution in [0.5, 0.6) is 0 Å². The number of carbonyl (C=O) groups is 1. The smallest absolute Gasteiger partial charge is 0.321 e. The first-order valence-corrected chi connectivity index (χ1v) is 9.26. The highest BCUT2D eigenvalue weighted by molar-refractivity contribution is 8.01. The Kier molecular flexibility index (Phi) is 4.87. The van der Waals surface area contributed by atoms with E-state index in [9.17, 15) is 4.79 Å². The molecule has 124 valence electrons. The Bertz CT molecular complexity index is 860. The number of esters is 1. The standard InChI is InChI=1S/C18H18N2O2S2/c1-4-22-17(21)18(2,3)23-14-6-5-13-11-20-24-16(13)15(14)12-7-9-19-10-8-12/h5-11H,4H2,1-3H3. The highest BCUT2D eigenvalue weighted by Crippen LogP contribution is 2.43. The number of hydrogen-bond donors (Lipinski definition) is 0. The van der Waals surface area contributed by atoms with Gasteiger partial charge in [-0.2, -0.15) is 4.37 Å². The summed E-state index contributed by atoms with van der Waals surface area (Å²) in [4.78, 5) is 17.4. The van der Waals surface area contributed by atoms with Crippen LogP contribution in [0.4, 0.5) is 0 Å². The lowest BCUT2D eigenvalue weighted by molar-refractivity contribution is -0.145. The Morgan fingerprint density at radius 3 is 2.71 bits per heavy atom. The quantitative estimate of drug-likeness (QED) is 0.485. The van der Waals surface area contributed by atoms with Crippen molar-refractivity contribution in [1.29, 1.82) is 0 Å². The molecule has 4 nitrogen and oxygen atoms in total. The molecule has 3 rings (SSSR count). The van der Waals surface area contributed by atoms with Gasteiger partial charge in [-0.05, 0) is 56.1 Å². The number of ether oxygens (including phenoxy) is 1. The van der Waals surface area contributed by atoms with Gasteiger partial charge >= 0.3 is 5.97 Å². The molecular formula is C18H18N2O2S2. The molecule has 0 fully saturated rings. The zero-order valence-corrected chi connectivity index (χ0v) is 15.4. The number of rotatable bonds is 5. The zero-order valence-electron chi connectivity index (χ0n) is 13.8. The highest BCUT2D eigenvalue weighted by Gasteiger charge is 2.32. The zero-order chi connectivity index (χ0) is 17.2. The van der Waals surface area contributed by atoms with Crippen molar-refractivity contribution in [1.82, 2.24) is 9.36 Å². The summed E-state index contributed by atoms with van der Waals surface area (Å²) in [6.45, 7) is 5.99. The van der Waals surface area contributed by atoms with Crippen molar-refractivity contribution in [3.8, 4) is 11.1 Å². The fraction of sp³-hybridized carbons (Fsp3) is 0.278. The lowest BCUT2D eigenvalue weighted by Crippen LogP contribution is -2.30. The van der Waals surface area contributed by atoms with Crippen molar-refractivity contribution in [2.45, 2.75) is 30.4 Å². The Balaban J connectivity index is 2.10. The van der Waals surface area contributed by atoms with E-state index in [0.717, 1.165) is 26.1 Å². The van der Waals surface area contributed by atoms with Crippen LogP contribution in [0.2, 0.25) is 0 Å². The third-order valence-electron chi connectivity index (χ3n) is 3.59. The van der Waals surface area contributed by atoms with Crippen LogP contribution in [0.15, 0.2) is 47.8 Å². The number of hydrogen-bond acceptors (Lipinski definition) is 6. The molecule has 0 aliphatic heterocycles. The number of benzene rings is 1. The first-order valence-electron chi connectivity index (χ1n) is 7.67. The number of thioether (sulfide) groups is 1. The molecule has 0 aliphatic rings. The van der Waals surface area contributed by atoms with Gasteiger partial charge < -0.3 is 4.74 Å². The van der Waals surface area contributed by atoms with Crippen molar-refractivity contribution in [3.63, 3.8) is 0 Å². The third kappa shape index (κ3) is 3.30. The molecule has 0 amide bonds. The summed E-state index contributed by atoms with van der Waals surface area (Å²) in [6, 6.07) is 8.07. The topological polar surface area (TPSA) is 52.1 Å². The van der Waals surface area contributed by atoms with E-state index in [1.807, 2.05) is 45.2 Å². The minimum Gasteiger partial charge on any atom is -0.465 e. The molecule has 0 radical (unpaired) electrons. The largest absolute Gasteiger partial charge is 0.465 e. The molecule has 0 saturated carbocycles. The lowest BCUT2D eigenvalue weighted by Gasteiger charge is -2.23. The van der Waals surface area contributed by atoms with Crippen molar-refractivity contribution < 1.29 is 9.53 Å². The molecule has 0 spiro atoms. The van der Waals surface area contributed by atoms with Gasteiger partial charge in [0.25, 0.3) is 0 Å². The molecule has 0 atom stereocenters. The van der Waals surface area contributed by atoms with Crippen LogP contribution in [-0.2, 0) is 9.53 Å². The molecule has 0 aliphatic carbocycles. The van der Waals surface area contributed by atoms with Crippen molar-refractivity contribution in [2.24, 2.45) is 0 Å². The molecule has 2 heterocycles. The molecule has 0 N–H and O–H groups in total. The van der Waals surface area contributed by atoms with Crippen LogP contribution in [0.1, 0.15) is 20.8 Å². The number of pyridine rings is 1. The first kappa shape index (κ1) is 16.9. The average Bonchev–Trinajstić information content (AvgIpc) is 3.04. The van der Waals surface area contributed by atoms with Gasteiger partial charge in [-0.25, -0.2) is 0 Å². The van der Waals surface area contributed by atoms with E-state index >= 15 is 0 Å². The Hall–Kier alpha value is -1.92. The van der Waals surface area contributed by atoms with E-state index in [0.29, 0.717) is 6.61 Å². The Morgan fingerprint density at radius 1 is 1.25 bits per heavy atom. The first-order chi connectivity index (χ1) is 11.5. The molecule has 1 aromatic carbocycles. The molecule has 2 aromatic heterocycles. The highest BCUT2D eigenvalue weighted by atomic mass is 32.2. The lowest BCUT2D eigenvalue weighted by atomic mass is 10.1. The SMILES string of the molecule is CCOC(=O)C(C)(C)Sc1ccc2cnsc2c1-c1ccncc1. The van der Waals surface area contributed by atoms with Gasteiger partial charge in [-0.1, -0.05) is 6.07 Å². The maximum absolute atomic E-state index is 12.3. The second-order valence-corrected chi connectivity index (χ2v) is 8.22. The van der Waals surface area contributed by atoms with Crippen LogP contribution in [0.3, 0.4) is 0 Å². The minimum atomic E-state index is -0.670. The Morgan fingerprint density at radius 2 is 2.00 bits per heavy atom. The Labute approximate surface area is 149 Å². The number of carbonyl (C=O) groups excluding carboxylic acids is 1. The monoisotopic (exact) mass is 358 g/mol. The molecule has 3 aromatic rings. The van der Waals surface area contributed by atoms with Gasteiger partial charge in [-0.3, -0.25) is 9.78 Å². The van der Waals surface area contributed by atoms with Crippen molar-refractivity contribution >= 4 is 39.3 Å². The summed E-state index contributed by atoms with van der Waals surface area (Å²) in [7, 11) is 0. The second kappa shape index (κ2) is 6.91. The van der Waals surface area contributed by atoms with Gasteiger partial charge in [0, 0.05) is 34.4 Å². The second-order valence-electron chi connectivity index (χ2n) is 5.75. The average molecular weight is 358 g/mol. The molecule has 0 saturated heterocycles. The van der Waals surface area contributed by atoms with E-state index < -0.39 is 4.75 Å². The molecule has 24 heavy (non-hydrogen) atoms. The summed E-state index contributed by atoms with van der Waals surface area (Å²) in [5.41, 5.74) is 2.17. The molecule has 6 heteroatoms. The third-order valence-corrected chi connectivity index (χ3v) is 5.66. The number of aromatic nitrogens is 2. The van der Waals surface area contributed by atoms with E-state index in [1.165, 1.54) is 23.3 Å². The van der Waals surface area contributed by atoms with Gasteiger partial charge in [0.15, 0.2) is 0 Å². The number of nitrogens with zero attached hydrogens (tertiary/aromatic N) is 2. The summed E-state index contributed by atoms with van der Waals surface area (Å²) < 4.78 is 9.98.